The van der Waals surface area contributed by atoms with Crippen molar-refractivity contribution in [2.75, 3.05) is 0 Å². The van der Waals surface area contributed by atoms with Gasteiger partial charge in [-0.05, 0) is 6.42 Å². The second-order valence-electron chi connectivity index (χ2n) is 3.13. The fourth-order valence-corrected chi connectivity index (χ4v) is 1.21. The Kier molecular flexibility index (Phi) is 9.84. The normalized spacial score (nSPS) is 9.42. The summed E-state index contributed by atoms with van der Waals surface area (Å²) in [4.78, 5) is 2.83. The molecule has 12 heavy (non-hydrogen) atoms. The highest BCUT2D eigenvalue weighted by molar-refractivity contribution is 5.49. The molecule has 0 fully saturated rings. The zero-order valence-corrected chi connectivity index (χ0v) is 8.05. The van der Waals surface area contributed by atoms with E-state index in [0.717, 1.165) is 12.8 Å². The van der Waals surface area contributed by atoms with Crippen molar-refractivity contribution in [1.82, 2.24) is 0 Å². The van der Waals surface area contributed by atoms with Gasteiger partial charge in [0.25, 0.3) is 0 Å². The van der Waals surface area contributed by atoms with Gasteiger partial charge in [-0.25, -0.2) is 0 Å². The van der Waals surface area contributed by atoms with E-state index in [0.29, 0.717) is 0 Å². The molecule has 2 heteroatoms. The quantitative estimate of drug-likeness (QED) is 0.230. The number of unbranched alkanes of at least 4 members (excludes halogenated alkanes) is 7. The summed E-state index contributed by atoms with van der Waals surface area (Å²) < 4.78 is 0. The molecule has 0 saturated heterocycles. The van der Waals surface area contributed by atoms with Crippen LogP contribution in [0.3, 0.4) is 0 Å². The molecule has 0 aliphatic heterocycles. The lowest BCUT2D eigenvalue weighted by molar-refractivity contribution is 0.000734. The zero-order chi connectivity index (χ0) is 9.07. The van der Waals surface area contributed by atoms with E-state index in [1.165, 1.54) is 38.5 Å². The molecule has 0 aromatic rings. The molecule has 0 amide bonds. The molecule has 0 rings (SSSR count). The molecule has 69 valence electrons. The standard InChI is InChI=1S/C10H19N2/c1-2-3-4-5-6-7-8-9-10-12-11/h2-9H2,1H3. The minimum absolute atomic E-state index is 0.796. The van der Waals surface area contributed by atoms with E-state index >= 15 is 0 Å². The first-order valence-electron chi connectivity index (χ1n) is 4.98. The minimum atomic E-state index is 0.796. The van der Waals surface area contributed by atoms with Crippen LogP contribution in [0, 0.1) is 0 Å². The Morgan fingerprint density at radius 3 is 2.17 bits per heavy atom. The minimum Gasteiger partial charge on any atom is -0.361 e. The van der Waals surface area contributed by atoms with Gasteiger partial charge in [-0.1, -0.05) is 45.4 Å². The van der Waals surface area contributed by atoms with E-state index in [2.05, 4.69) is 17.9 Å². The van der Waals surface area contributed by atoms with Crippen molar-refractivity contribution in [2.45, 2.75) is 58.3 Å². The summed E-state index contributed by atoms with van der Waals surface area (Å²) >= 11 is 0. The molecule has 0 heterocycles. The van der Waals surface area contributed by atoms with Crippen molar-refractivity contribution in [2.24, 2.45) is 0 Å². The molecule has 0 spiro atoms. The van der Waals surface area contributed by atoms with Crippen LogP contribution in [0.2, 0.25) is 0 Å². The van der Waals surface area contributed by atoms with E-state index in [1.54, 1.807) is 0 Å². The smallest absolute Gasteiger partial charge is 0.361 e. The van der Waals surface area contributed by atoms with Crippen LogP contribution in [0.25, 0.3) is 5.53 Å². The van der Waals surface area contributed by atoms with Gasteiger partial charge in [0.15, 0.2) is 0 Å². The van der Waals surface area contributed by atoms with Gasteiger partial charge >= 0.3 is 6.21 Å². The SMILES string of the molecule is CCCCCCCCC[C]=[N+]=[N-]. The lowest BCUT2D eigenvalue weighted by atomic mass is 10.1. The van der Waals surface area contributed by atoms with Gasteiger partial charge in [-0.15, -0.1) is 0 Å². The van der Waals surface area contributed by atoms with E-state index in [-0.39, 0.29) is 0 Å². The number of hydrogen-bond donors (Lipinski definition) is 0. The predicted molar refractivity (Wildman–Crippen MR) is 51.2 cm³/mol. The van der Waals surface area contributed by atoms with Crippen LogP contribution in [0.5, 0.6) is 0 Å². The second-order valence-corrected chi connectivity index (χ2v) is 3.13. The molecule has 0 saturated carbocycles. The van der Waals surface area contributed by atoms with Crippen molar-refractivity contribution in [3.63, 3.8) is 0 Å². The highest BCUT2D eigenvalue weighted by atomic mass is 14.8. The molecule has 0 atom stereocenters. The first-order chi connectivity index (χ1) is 5.91. The van der Waals surface area contributed by atoms with Crippen LogP contribution in [0.4, 0.5) is 0 Å². The number of nitrogens with zero attached hydrogens (tertiary/aromatic N) is 2. The molecule has 1 radical (unpaired) electrons. The Labute approximate surface area is 75.6 Å². The van der Waals surface area contributed by atoms with Gasteiger partial charge in [0.2, 0.25) is 0 Å². The van der Waals surface area contributed by atoms with Crippen LogP contribution in [0.1, 0.15) is 58.3 Å². The van der Waals surface area contributed by atoms with Gasteiger partial charge in [0.1, 0.15) is 0 Å². The topological polar surface area (TPSA) is 36.4 Å². The van der Waals surface area contributed by atoms with Crippen LogP contribution < -0.4 is 0 Å². The molecule has 0 aromatic carbocycles. The number of rotatable bonds is 8. The predicted octanol–water partition coefficient (Wildman–Crippen LogP) is 3.30. The maximum atomic E-state index is 8.05. The Hall–Kier alpha value is -0.620. The summed E-state index contributed by atoms with van der Waals surface area (Å²) in [6, 6.07) is 0. The Bertz CT molecular complexity index is 126. The van der Waals surface area contributed by atoms with Crippen LogP contribution >= 0.6 is 0 Å². The van der Waals surface area contributed by atoms with Crippen LogP contribution in [-0.2, 0) is 0 Å². The van der Waals surface area contributed by atoms with E-state index in [9.17, 15) is 0 Å². The van der Waals surface area contributed by atoms with Gasteiger partial charge < -0.3 is 5.53 Å². The molecular formula is C10H19N2. The Morgan fingerprint density at radius 1 is 1.00 bits per heavy atom. The van der Waals surface area contributed by atoms with E-state index in [4.69, 9.17) is 5.53 Å². The third-order valence-electron chi connectivity index (χ3n) is 1.96. The van der Waals surface area contributed by atoms with Gasteiger partial charge in [-0.3, -0.25) is 0 Å². The zero-order valence-electron chi connectivity index (χ0n) is 8.05. The molecule has 0 aliphatic carbocycles. The third-order valence-corrected chi connectivity index (χ3v) is 1.96. The summed E-state index contributed by atoms with van der Waals surface area (Å²) in [6.45, 7) is 2.23. The van der Waals surface area contributed by atoms with Crippen molar-refractivity contribution in [1.29, 1.82) is 0 Å². The van der Waals surface area contributed by atoms with E-state index < -0.39 is 0 Å². The molecule has 0 bridgehead atoms. The summed E-state index contributed by atoms with van der Waals surface area (Å²) in [5.74, 6) is 0. The summed E-state index contributed by atoms with van der Waals surface area (Å²) in [6.07, 6.45) is 12.4. The largest absolute Gasteiger partial charge is 0.375 e. The van der Waals surface area contributed by atoms with Crippen molar-refractivity contribution in [3.8, 4) is 0 Å². The summed E-state index contributed by atoms with van der Waals surface area (Å²) in [5, 5.41) is 0. The fraction of sp³-hybridized carbons (Fsp3) is 0.900. The monoisotopic (exact) mass is 167 g/mol. The molecule has 0 aliphatic rings. The van der Waals surface area contributed by atoms with Gasteiger partial charge in [-0.2, -0.15) is 4.79 Å². The first kappa shape index (κ1) is 11.4. The maximum Gasteiger partial charge on any atom is 0.375 e. The third kappa shape index (κ3) is 9.38. The second kappa shape index (κ2) is 10.4. The molecule has 2 nitrogen and oxygen atoms in total. The van der Waals surface area contributed by atoms with Crippen molar-refractivity contribution >= 4 is 6.21 Å². The first-order valence-corrected chi connectivity index (χ1v) is 4.98. The average Bonchev–Trinajstić information content (AvgIpc) is 2.10. The Balaban J connectivity index is 2.86. The highest BCUT2D eigenvalue weighted by Gasteiger charge is 1.91. The van der Waals surface area contributed by atoms with Gasteiger partial charge in [0.05, 0.1) is 6.42 Å². The van der Waals surface area contributed by atoms with Crippen molar-refractivity contribution < 1.29 is 4.79 Å². The molecule has 0 N–H and O–H groups in total. The van der Waals surface area contributed by atoms with Crippen LogP contribution in [0.15, 0.2) is 0 Å². The Morgan fingerprint density at radius 2 is 1.58 bits per heavy atom. The van der Waals surface area contributed by atoms with Crippen LogP contribution in [-0.4, -0.2) is 11.0 Å². The van der Waals surface area contributed by atoms with E-state index in [1.807, 2.05) is 0 Å². The summed E-state index contributed by atoms with van der Waals surface area (Å²) in [7, 11) is 0. The lowest BCUT2D eigenvalue weighted by Gasteiger charge is -1.96. The molecular weight excluding hydrogens is 148 g/mol. The average molecular weight is 167 g/mol. The van der Waals surface area contributed by atoms with Crippen molar-refractivity contribution in [3.05, 3.63) is 5.53 Å². The fourth-order valence-electron chi connectivity index (χ4n) is 1.21. The molecule has 0 aromatic heterocycles. The van der Waals surface area contributed by atoms with Gasteiger partial charge in [0, 0.05) is 0 Å². The lowest BCUT2D eigenvalue weighted by Crippen LogP contribution is -1.81. The maximum absolute atomic E-state index is 8.05. The molecule has 0 unspecified atom stereocenters. The summed E-state index contributed by atoms with van der Waals surface area (Å²) in [5.41, 5.74) is 8.05. The highest BCUT2D eigenvalue weighted by Crippen LogP contribution is 2.07. The number of hydrogen-bond acceptors (Lipinski definition) is 0.